The number of benzene rings is 1. The lowest BCUT2D eigenvalue weighted by molar-refractivity contribution is -0.145. The molecule has 5 amide bonds. The SMILES string of the molecule is C[C@H]1CCCC[C@@H]1N1C(=O)C(=O)N(CC(=O)Nc2ccc(C#N)c(Cl)c2)C1=O. The third-order valence-corrected chi connectivity index (χ3v) is 5.47. The van der Waals surface area contributed by atoms with Gasteiger partial charge in [-0.05, 0) is 37.0 Å². The summed E-state index contributed by atoms with van der Waals surface area (Å²) in [5.41, 5.74) is 0.574. The summed E-state index contributed by atoms with van der Waals surface area (Å²) in [6.07, 6.45) is 3.47. The summed E-state index contributed by atoms with van der Waals surface area (Å²) in [5.74, 6) is -2.40. The van der Waals surface area contributed by atoms with Crippen LogP contribution in [0.25, 0.3) is 0 Å². The summed E-state index contributed by atoms with van der Waals surface area (Å²) >= 11 is 5.92. The van der Waals surface area contributed by atoms with E-state index in [-0.39, 0.29) is 22.5 Å². The maximum Gasteiger partial charge on any atom is 0.334 e. The molecule has 0 unspecified atom stereocenters. The molecule has 2 fully saturated rings. The normalized spacial score (nSPS) is 22.4. The lowest BCUT2D eigenvalue weighted by Crippen LogP contribution is -2.46. The van der Waals surface area contributed by atoms with Gasteiger partial charge in [-0.1, -0.05) is 31.4 Å². The summed E-state index contributed by atoms with van der Waals surface area (Å²) in [6.45, 7) is 1.39. The monoisotopic (exact) mass is 402 g/mol. The topological polar surface area (TPSA) is 111 Å². The van der Waals surface area contributed by atoms with E-state index < -0.39 is 30.3 Å². The van der Waals surface area contributed by atoms with E-state index in [0.29, 0.717) is 17.0 Å². The molecule has 2 aliphatic rings. The number of hydrogen-bond acceptors (Lipinski definition) is 5. The molecule has 1 N–H and O–H groups in total. The van der Waals surface area contributed by atoms with Crippen LogP contribution in [-0.2, 0) is 14.4 Å². The van der Waals surface area contributed by atoms with Crippen LogP contribution in [0.2, 0.25) is 5.02 Å². The highest BCUT2D eigenvalue weighted by Gasteiger charge is 2.49. The summed E-state index contributed by atoms with van der Waals surface area (Å²) in [6, 6.07) is 5.16. The Morgan fingerprint density at radius 1 is 1.25 bits per heavy atom. The van der Waals surface area contributed by atoms with E-state index in [1.54, 1.807) is 0 Å². The Labute approximate surface area is 167 Å². The molecule has 28 heavy (non-hydrogen) atoms. The molecular formula is C19H19ClN4O4. The number of halogens is 1. The summed E-state index contributed by atoms with van der Waals surface area (Å²) in [7, 11) is 0. The van der Waals surface area contributed by atoms with Crippen molar-refractivity contribution in [2.45, 2.75) is 38.6 Å². The number of amides is 5. The molecule has 0 bridgehead atoms. The van der Waals surface area contributed by atoms with Gasteiger partial charge in [0, 0.05) is 11.7 Å². The zero-order valence-electron chi connectivity index (χ0n) is 15.3. The number of imide groups is 2. The number of carbonyl (C=O) groups excluding carboxylic acids is 4. The van der Waals surface area contributed by atoms with Gasteiger partial charge in [-0.15, -0.1) is 0 Å². The maximum absolute atomic E-state index is 12.7. The fraction of sp³-hybridized carbons (Fsp3) is 0.421. The molecular weight excluding hydrogens is 384 g/mol. The summed E-state index contributed by atoms with van der Waals surface area (Å²) in [4.78, 5) is 51.3. The maximum atomic E-state index is 12.7. The number of urea groups is 1. The first kappa shape index (κ1) is 19.8. The molecule has 0 spiro atoms. The van der Waals surface area contributed by atoms with Gasteiger partial charge < -0.3 is 5.32 Å². The van der Waals surface area contributed by atoms with Crippen LogP contribution in [0.4, 0.5) is 10.5 Å². The van der Waals surface area contributed by atoms with Crippen molar-refractivity contribution in [3.05, 3.63) is 28.8 Å². The third-order valence-electron chi connectivity index (χ3n) is 5.16. The standard InChI is InChI=1S/C19H19ClN4O4/c1-11-4-2-3-5-15(11)24-18(27)17(26)23(19(24)28)10-16(25)22-13-7-6-12(9-21)14(20)8-13/h6-8,11,15H,2-5,10H2,1H3,(H,22,25)/t11-,15-/m0/s1. The van der Waals surface area contributed by atoms with Crippen molar-refractivity contribution in [2.75, 3.05) is 11.9 Å². The second-order valence-electron chi connectivity index (χ2n) is 7.03. The highest BCUT2D eigenvalue weighted by atomic mass is 35.5. The number of carbonyl (C=O) groups is 4. The molecule has 1 aliphatic heterocycles. The first-order chi connectivity index (χ1) is 13.3. The minimum atomic E-state index is -0.990. The second-order valence-corrected chi connectivity index (χ2v) is 7.44. The highest BCUT2D eigenvalue weighted by molar-refractivity contribution is 6.45. The van der Waals surface area contributed by atoms with Crippen LogP contribution in [-0.4, -0.2) is 46.1 Å². The molecule has 1 aromatic rings. The molecule has 0 aromatic heterocycles. The van der Waals surface area contributed by atoms with Crippen LogP contribution in [0.5, 0.6) is 0 Å². The Kier molecular flexibility index (Phi) is 5.66. The number of nitriles is 1. The summed E-state index contributed by atoms with van der Waals surface area (Å²) in [5, 5.41) is 11.6. The van der Waals surface area contributed by atoms with Crippen molar-refractivity contribution in [1.29, 1.82) is 5.26 Å². The quantitative estimate of drug-likeness (QED) is 0.614. The van der Waals surface area contributed by atoms with Crippen LogP contribution in [0.1, 0.15) is 38.2 Å². The van der Waals surface area contributed by atoms with E-state index in [2.05, 4.69) is 5.32 Å². The Hall–Kier alpha value is -2.92. The van der Waals surface area contributed by atoms with E-state index in [9.17, 15) is 19.2 Å². The van der Waals surface area contributed by atoms with Gasteiger partial charge >= 0.3 is 17.8 Å². The Balaban J connectivity index is 1.70. The van der Waals surface area contributed by atoms with E-state index in [1.807, 2.05) is 13.0 Å². The molecule has 1 heterocycles. The third kappa shape index (κ3) is 3.71. The van der Waals surface area contributed by atoms with Crippen molar-refractivity contribution in [1.82, 2.24) is 9.80 Å². The molecule has 0 radical (unpaired) electrons. The predicted octanol–water partition coefficient (Wildman–Crippen LogP) is 2.52. The largest absolute Gasteiger partial charge is 0.334 e. The Morgan fingerprint density at radius 2 is 1.96 bits per heavy atom. The number of anilines is 1. The summed E-state index contributed by atoms with van der Waals surface area (Å²) < 4.78 is 0. The second kappa shape index (κ2) is 7.98. The Morgan fingerprint density at radius 3 is 2.61 bits per heavy atom. The van der Waals surface area contributed by atoms with Crippen LogP contribution in [0, 0.1) is 17.2 Å². The minimum absolute atomic E-state index is 0.115. The Bertz CT molecular complexity index is 894. The molecule has 1 saturated carbocycles. The van der Waals surface area contributed by atoms with Crippen molar-refractivity contribution in [3.8, 4) is 6.07 Å². The van der Waals surface area contributed by atoms with Crippen molar-refractivity contribution >= 4 is 41.0 Å². The first-order valence-electron chi connectivity index (χ1n) is 9.02. The number of rotatable bonds is 4. The molecule has 1 aliphatic carbocycles. The molecule has 3 rings (SSSR count). The smallest absolute Gasteiger partial charge is 0.324 e. The van der Waals surface area contributed by atoms with Crippen molar-refractivity contribution in [3.63, 3.8) is 0 Å². The minimum Gasteiger partial charge on any atom is -0.324 e. The van der Waals surface area contributed by atoms with Gasteiger partial charge in [-0.25, -0.2) is 9.69 Å². The molecule has 9 heteroatoms. The lowest BCUT2D eigenvalue weighted by atomic mass is 9.85. The molecule has 1 aromatic carbocycles. The average Bonchev–Trinajstić information content (AvgIpc) is 2.86. The number of nitrogens with one attached hydrogen (secondary N) is 1. The fourth-order valence-corrected chi connectivity index (χ4v) is 3.88. The van der Waals surface area contributed by atoms with Crippen LogP contribution < -0.4 is 5.32 Å². The van der Waals surface area contributed by atoms with E-state index in [4.69, 9.17) is 16.9 Å². The number of nitrogens with zero attached hydrogens (tertiary/aromatic N) is 3. The lowest BCUT2D eigenvalue weighted by Gasteiger charge is -2.34. The molecule has 1 saturated heterocycles. The van der Waals surface area contributed by atoms with Crippen molar-refractivity contribution in [2.24, 2.45) is 5.92 Å². The van der Waals surface area contributed by atoms with E-state index in [0.717, 1.165) is 24.2 Å². The van der Waals surface area contributed by atoms with Gasteiger partial charge in [-0.2, -0.15) is 5.26 Å². The van der Waals surface area contributed by atoms with Crippen LogP contribution >= 0.6 is 11.6 Å². The zero-order valence-corrected chi connectivity index (χ0v) is 16.0. The van der Waals surface area contributed by atoms with E-state index in [1.165, 1.54) is 18.2 Å². The molecule has 2 atom stereocenters. The average molecular weight is 403 g/mol. The van der Waals surface area contributed by atoms with Gasteiger partial charge in [0.15, 0.2) is 0 Å². The first-order valence-corrected chi connectivity index (χ1v) is 9.39. The van der Waals surface area contributed by atoms with Gasteiger partial charge in [0.1, 0.15) is 12.6 Å². The van der Waals surface area contributed by atoms with E-state index >= 15 is 0 Å². The molecule has 146 valence electrons. The molecule has 8 nitrogen and oxygen atoms in total. The fourth-order valence-electron chi connectivity index (χ4n) is 3.66. The zero-order chi connectivity index (χ0) is 20.4. The highest BCUT2D eigenvalue weighted by Crippen LogP contribution is 2.31. The number of hydrogen-bond donors (Lipinski definition) is 1. The predicted molar refractivity (Wildman–Crippen MR) is 100 cm³/mol. The van der Waals surface area contributed by atoms with Gasteiger partial charge in [0.2, 0.25) is 5.91 Å². The van der Waals surface area contributed by atoms with Crippen LogP contribution in [0.15, 0.2) is 18.2 Å². The van der Waals surface area contributed by atoms with Gasteiger partial charge in [0.25, 0.3) is 0 Å². The van der Waals surface area contributed by atoms with Gasteiger partial charge in [0.05, 0.1) is 10.6 Å². The van der Waals surface area contributed by atoms with Crippen molar-refractivity contribution < 1.29 is 19.2 Å². The van der Waals surface area contributed by atoms with Crippen LogP contribution in [0.3, 0.4) is 0 Å². The van der Waals surface area contributed by atoms with Gasteiger partial charge in [-0.3, -0.25) is 19.3 Å².